The van der Waals surface area contributed by atoms with E-state index in [4.69, 9.17) is 4.42 Å². The van der Waals surface area contributed by atoms with Crippen LogP contribution < -0.4 is 0 Å². The van der Waals surface area contributed by atoms with Gasteiger partial charge in [0.15, 0.2) is 0 Å². The maximum absolute atomic E-state index is 5.04. The molecule has 1 radical (unpaired) electrons. The van der Waals surface area contributed by atoms with Gasteiger partial charge in [0.05, 0.1) is 6.20 Å². The first kappa shape index (κ1) is 7.06. The molecule has 0 N–H and O–H groups in total. The highest BCUT2D eigenvalue weighted by Crippen LogP contribution is 2.10. The van der Waals surface area contributed by atoms with E-state index >= 15 is 0 Å². The molecule has 0 amide bonds. The molecule has 2 nitrogen and oxygen atoms in total. The molecule has 1 aromatic heterocycles. The second-order valence-electron chi connectivity index (χ2n) is 2.01. The van der Waals surface area contributed by atoms with Gasteiger partial charge in [-0.05, 0) is 20.3 Å². The van der Waals surface area contributed by atoms with E-state index in [1.807, 2.05) is 13.0 Å². The minimum absolute atomic E-state index is 0.684. The fraction of sp³-hybridized carbons (Fsp3) is 0.250. The third-order valence-corrected chi connectivity index (χ3v) is 1.22. The Morgan fingerprint density at radius 2 is 2.70 bits per heavy atom. The van der Waals surface area contributed by atoms with Crippen molar-refractivity contribution in [1.82, 2.24) is 4.98 Å². The van der Waals surface area contributed by atoms with Gasteiger partial charge >= 0.3 is 0 Å². The molecular formula is C8H10NO. The molecule has 0 fully saturated rings. The summed E-state index contributed by atoms with van der Waals surface area (Å²) in [5.74, 6) is 0.684. The number of hydrogen-bond donors (Lipinski definition) is 0. The number of hydrogen-bond acceptors (Lipinski definition) is 2. The summed E-state index contributed by atoms with van der Waals surface area (Å²) in [5.41, 5.74) is 1.04. The third-order valence-electron chi connectivity index (χ3n) is 1.22. The smallest absolute Gasteiger partial charge is 0.221 e. The second-order valence-corrected chi connectivity index (χ2v) is 2.01. The summed E-state index contributed by atoms with van der Waals surface area (Å²) >= 11 is 0. The number of aromatic nitrogens is 1. The van der Waals surface area contributed by atoms with Crippen LogP contribution in [0.1, 0.15) is 19.2 Å². The summed E-state index contributed by atoms with van der Waals surface area (Å²) in [4.78, 5) is 3.97. The zero-order chi connectivity index (χ0) is 7.40. The van der Waals surface area contributed by atoms with Crippen LogP contribution in [0.15, 0.2) is 23.0 Å². The zero-order valence-corrected chi connectivity index (χ0v) is 6.00. The summed E-state index contributed by atoms with van der Waals surface area (Å²) in [7, 11) is 0. The lowest BCUT2D eigenvalue weighted by atomic mass is 10.2. The fourth-order valence-corrected chi connectivity index (χ4v) is 0.722. The molecule has 0 saturated heterocycles. The summed E-state index contributed by atoms with van der Waals surface area (Å²) in [6.45, 7) is 5.65. The van der Waals surface area contributed by atoms with Gasteiger partial charge in [0.2, 0.25) is 5.89 Å². The largest absolute Gasteiger partial charge is 0.445 e. The molecule has 1 rings (SSSR count). The van der Waals surface area contributed by atoms with Crippen molar-refractivity contribution in [3.63, 3.8) is 0 Å². The molecule has 0 aliphatic heterocycles. The number of rotatable bonds is 2. The molecule has 0 saturated carbocycles. The third kappa shape index (κ3) is 1.47. The Labute approximate surface area is 60.6 Å². The molecular weight excluding hydrogens is 126 g/mol. The van der Waals surface area contributed by atoms with Crippen LogP contribution in [0, 0.1) is 6.92 Å². The van der Waals surface area contributed by atoms with E-state index in [0.717, 1.165) is 12.0 Å². The van der Waals surface area contributed by atoms with E-state index in [9.17, 15) is 0 Å². The van der Waals surface area contributed by atoms with Gasteiger partial charge in [0.1, 0.15) is 6.26 Å². The molecule has 53 valence electrons. The van der Waals surface area contributed by atoms with Gasteiger partial charge in [-0.3, -0.25) is 0 Å². The van der Waals surface area contributed by atoms with Crippen molar-refractivity contribution >= 4 is 5.57 Å². The van der Waals surface area contributed by atoms with Crippen LogP contribution in [0.25, 0.3) is 5.57 Å². The van der Waals surface area contributed by atoms with Crippen LogP contribution in [0.3, 0.4) is 0 Å². The standard InChI is InChI=1S/C8H10NO/c1-3-4-7(2)8-9-5-6-10-8/h4-6H,1,3H2,2H3. The van der Waals surface area contributed by atoms with E-state index in [1.54, 1.807) is 12.5 Å². The fourth-order valence-electron chi connectivity index (χ4n) is 0.722. The van der Waals surface area contributed by atoms with Crippen LogP contribution in [0.4, 0.5) is 0 Å². The van der Waals surface area contributed by atoms with Gasteiger partial charge in [-0.25, -0.2) is 4.98 Å². The van der Waals surface area contributed by atoms with Gasteiger partial charge in [-0.15, -0.1) is 0 Å². The summed E-state index contributed by atoms with van der Waals surface area (Å²) < 4.78 is 5.04. The van der Waals surface area contributed by atoms with E-state index in [0.29, 0.717) is 5.89 Å². The molecule has 0 aliphatic carbocycles. The molecule has 0 aliphatic rings. The van der Waals surface area contributed by atoms with Crippen molar-refractivity contribution in [2.75, 3.05) is 0 Å². The lowest BCUT2D eigenvalue weighted by Gasteiger charge is -1.90. The van der Waals surface area contributed by atoms with Gasteiger partial charge in [0.25, 0.3) is 0 Å². The highest BCUT2D eigenvalue weighted by atomic mass is 16.3. The molecule has 0 unspecified atom stereocenters. The molecule has 10 heavy (non-hydrogen) atoms. The quantitative estimate of drug-likeness (QED) is 0.623. The van der Waals surface area contributed by atoms with Crippen LogP contribution in [-0.4, -0.2) is 4.98 Å². The molecule has 0 bridgehead atoms. The van der Waals surface area contributed by atoms with Gasteiger partial charge < -0.3 is 4.42 Å². The van der Waals surface area contributed by atoms with E-state index in [2.05, 4.69) is 11.9 Å². The maximum Gasteiger partial charge on any atom is 0.221 e. The van der Waals surface area contributed by atoms with Crippen molar-refractivity contribution < 1.29 is 4.42 Å². The maximum atomic E-state index is 5.04. The van der Waals surface area contributed by atoms with Crippen molar-refractivity contribution in [1.29, 1.82) is 0 Å². The predicted molar refractivity (Wildman–Crippen MR) is 40.1 cm³/mol. The highest BCUT2D eigenvalue weighted by Gasteiger charge is 1.96. The Kier molecular flexibility index (Phi) is 2.26. The Balaban J connectivity index is 2.77. The highest BCUT2D eigenvalue weighted by molar-refractivity contribution is 5.55. The van der Waals surface area contributed by atoms with Crippen LogP contribution in [0.2, 0.25) is 0 Å². The van der Waals surface area contributed by atoms with Crippen molar-refractivity contribution in [3.05, 3.63) is 31.4 Å². The minimum Gasteiger partial charge on any atom is -0.445 e. The molecule has 1 aromatic rings. The topological polar surface area (TPSA) is 26.0 Å². The summed E-state index contributed by atoms with van der Waals surface area (Å²) in [5, 5.41) is 0. The van der Waals surface area contributed by atoms with E-state index in [1.165, 1.54) is 0 Å². The van der Waals surface area contributed by atoms with E-state index < -0.39 is 0 Å². The Morgan fingerprint density at radius 3 is 3.20 bits per heavy atom. The molecule has 2 heteroatoms. The number of allylic oxidation sites excluding steroid dienone is 2. The monoisotopic (exact) mass is 136 g/mol. The first-order valence-electron chi connectivity index (χ1n) is 3.20. The Hall–Kier alpha value is -1.05. The normalized spacial score (nSPS) is 12.0. The summed E-state index contributed by atoms with van der Waals surface area (Å²) in [6, 6.07) is 0. The first-order valence-corrected chi connectivity index (χ1v) is 3.20. The number of oxazole rings is 1. The molecule has 1 heterocycles. The Morgan fingerprint density at radius 1 is 1.90 bits per heavy atom. The Bertz CT molecular complexity index is 211. The van der Waals surface area contributed by atoms with Gasteiger partial charge in [-0.2, -0.15) is 0 Å². The SMILES string of the molecule is [CH2]CC=C(C)c1ncco1. The predicted octanol–water partition coefficient (Wildman–Crippen LogP) is 2.30. The average Bonchev–Trinajstić information content (AvgIpc) is 2.38. The summed E-state index contributed by atoms with van der Waals surface area (Å²) in [6.07, 6.45) is 5.95. The van der Waals surface area contributed by atoms with Crippen LogP contribution in [0.5, 0.6) is 0 Å². The van der Waals surface area contributed by atoms with Crippen molar-refractivity contribution in [2.45, 2.75) is 13.3 Å². The average molecular weight is 136 g/mol. The zero-order valence-electron chi connectivity index (χ0n) is 6.00. The lowest BCUT2D eigenvalue weighted by Crippen LogP contribution is -1.76. The molecule has 0 atom stereocenters. The van der Waals surface area contributed by atoms with Crippen molar-refractivity contribution in [3.8, 4) is 0 Å². The lowest BCUT2D eigenvalue weighted by molar-refractivity contribution is 0.541. The number of nitrogens with zero attached hydrogens (tertiary/aromatic N) is 1. The van der Waals surface area contributed by atoms with Crippen LogP contribution >= 0.6 is 0 Å². The molecule has 0 spiro atoms. The second kappa shape index (κ2) is 3.20. The van der Waals surface area contributed by atoms with E-state index in [-0.39, 0.29) is 0 Å². The van der Waals surface area contributed by atoms with Gasteiger partial charge in [0, 0.05) is 5.57 Å². The first-order chi connectivity index (χ1) is 4.84. The van der Waals surface area contributed by atoms with Gasteiger partial charge in [-0.1, -0.05) is 6.08 Å². The van der Waals surface area contributed by atoms with Crippen LogP contribution in [-0.2, 0) is 0 Å². The molecule has 0 aromatic carbocycles. The minimum atomic E-state index is 0.684. The van der Waals surface area contributed by atoms with Crippen molar-refractivity contribution in [2.24, 2.45) is 0 Å².